The molecule has 3 aromatic rings. The summed E-state index contributed by atoms with van der Waals surface area (Å²) in [6.07, 6.45) is 0. The summed E-state index contributed by atoms with van der Waals surface area (Å²) in [5.41, 5.74) is 0.500. The van der Waals surface area contributed by atoms with Crippen LogP contribution in [0.5, 0.6) is 17.2 Å². The third kappa shape index (κ3) is 6.22. The molecular weight excluding hydrogens is 510 g/mol. The summed E-state index contributed by atoms with van der Waals surface area (Å²) in [5.74, 6) is -0.273. The van der Waals surface area contributed by atoms with Crippen molar-refractivity contribution in [2.75, 3.05) is 30.9 Å². The molecule has 34 heavy (non-hydrogen) atoms. The van der Waals surface area contributed by atoms with Crippen molar-refractivity contribution < 1.29 is 31.8 Å². The van der Waals surface area contributed by atoms with E-state index in [0.29, 0.717) is 22.2 Å². The Hall–Kier alpha value is -3.21. The fraction of sp³-hybridized carbons (Fsp3) is 0.136. The number of ether oxygens (including phenoxy) is 3. The average Bonchev–Trinajstić information content (AvgIpc) is 2.80. The Labute approximate surface area is 205 Å². The number of nitrogens with one attached hydrogen (secondary N) is 2. The van der Waals surface area contributed by atoms with E-state index in [1.807, 2.05) is 0 Å². The minimum absolute atomic E-state index is 0.0273. The van der Waals surface area contributed by atoms with Gasteiger partial charge in [-0.1, -0.05) is 23.2 Å². The van der Waals surface area contributed by atoms with Crippen molar-refractivity contribution in [3.8, 4) is 17.2 Å². The first-order chi connectivity index (χ1) is 16.1. The molecule has 3 rings (SSSR count). The van der Waals surface area contributed by atoms with Crippen LogP contribution in [0.15, 0.2) is 59.5 Å². The molecule has 8 nitrogen and oxygen atoms in total. The van der Waals surface area contributed by atoms with E-state index < -0.39 is 28.4 Å². The molecule has 0 aliphatic rings. The number of methoxy groups -OCH3 is 2. The van der Waals surface area contributed by atoms with Crippen molar-refractivity contribution in [1.29, 1.82) is 0 Å². The monoisotopic (exact) mass is 528 g/mol. The molecule has 12 heteroatoms. The molecule has 0 aliphatic heterocycles. The Kier molecular flexibility index (Phi) is 8.08. The lowest BCUT2D eigenvalue weighted by Crippen LogP contribution is -2.20. The molecule has 0 heterocycles. The van der Waals surface area contributed by atoms with Gasteiger partial charge in [0.25, 0.3) is 15.9 Å². The van der Waals surface area contributed by atoms with E-state index in [9.17, 15) is 17.6 Å². The Morgan fingerprint density at radius 1 is 0.912 bits per heavy atom. The fourth-order valence-electron chi connectivity index (χ4n) is 2.79. The molecule has 1 amide bonds. The summed E-state index contributed by atoms with van der Waals surface area (Å²) >= 11 is 12.2. The second-order valence-electron chi connectivity index (χ2n) is 6.73. The third-order valence-electron chi connectivity index (χ3n) is 4.42. The van der Waals surface area contributed by atoms with E-state index in [1.54, 1.807) is 0 Å². The summed E-state index contributed by atoms with van der Waals surface area (Å²) in [7, 11) is -1.13. The van der Waals surface area contributed by atoms with E-state index in [1.165, 1.54) is 56.7 Å². The molecule has 0 unspecified atom stereocenters. The lowest BCUT2D eigenvalue weighted by atomic mass is 10.2. The molecule has 0 aromatic heterocycles. The van der Waals surface area contributed by atoms with Crippen LogP contribution in [-0.4, -0.2) is 35.2 Å². The molecule has 180 valence electrons. The van der Waals surface area contributed by atoms with Crippen LogP contribution < -0.4 is 24.2 Å². The molecular formula is C22H19Cl2FN2O6S. The number of carbonyl (C=O) groups excluding carboxylic acids is 1. The lowest BCUT2D eigenvalue weighted by Gasteiger charge is -2.14. The van der Waals surface area contributed by atoms with Gasteiger partial charge in [0.2, 0.25) is 0 Å². The highest BCUT2D eigenvalue weighted by molar-refractivity contribution is 7.92. The van der Waals surface area contributed by atoms with Crippen LogP contribution in [0.25, 0.3) is 0 Å². The van der Waals surface area contributed by atoms with Crippen molar-refractivity contribution in [3.63, 3.8) is 0 Å². The Morgan fingerprint density at radius 3 is 2.18 bits per heavy atom. The van der Waals surface area contributed by atoms with Gasteiger partial charge in [0.1, 0.15) is 23.1 Å². The molecule has 0 fully saturated rings. The number of hydrogen-bond donors (Lipinski definition) is 2. The summed E-state index contributed by atoms with van der Waals surface area (Å²) in [5, 5.41) is 2.90. The van der Waals surface area contributed by atoms with Gasteiger partial charge in [-0.25, -0.2) is 12.8 Å². The fourth-order valence-corrected chi connectivity index (χ4v) is 4.40. The molecule has 0 spiro atoms. The zero-order valence-corrected chi connectivity index (χ0v) is 20.2. The van der Waals surface area contributed by atoms with Crippen LogP contribution in [0.3, 0.4) is 0 Å². The zero-order chi connectivity index (χ0) is 24.9. The summed E-state index contributed by atoms with van der Waals surface area (Å²) < 4.78 is 56.2. The van der Waals surface area contributed by atoms with Crippen LogP contribution >= 0.6 is 23.2 Å². The summed E-state index contributed by atoms with van der Waals surface area (Å²) in [6, 6.07) is 11.6. The third-order valence-corrected chi connectivity index (χ3v) is 6.39. The van der Waals surface area contributed by atoms with Crippen molar-refractivity contribution in [2.24, 2.45) is 0 Å². The van der Waals surface area contributed by atoms with E-state index in [4.69, 9.17) is 37.4 Å². The zero-order valence-electron chi connectivity index (χ0n) is 17.9. The van der Waals surface area contributed by atoms with Crippen molar-refractivity contribution in [2.45, 2.75) is 4.90 Å². The van der Waals surface area contributed by atoms with Crippen molar-refractivity contribution >= 4 is 50.5 Å². The second kappa shape index (κ2) is 10.8. The van der Waals surface area contributed by atoms with E-state index in [0.717, 1.165) is 12.1 Å². The molecule has 0 saturated heterocycles. The van der Waals surface area contributed by atoms with Crippen LogP contribution in [-0.2, 0) is 14.8 Å². The SMILES string of the molecule is COc1cc(NC(=O)COc2ccc(S(=O)(=O)Nc3ccc(F)cc3)cc2Cl)c(OC)cc1Cl. The van der Waals surface area contributed by atoms with Crippen molar-refractivity contribution in [3.05, 3.63) is 70.5 Å². The minimum Gasteiger partial charge on any atom is -0.495 e. The van der Waals surface area contributed by atoms with Gasteiger partial charge in [-0.3, -0.25) is 9.52 Å². The van der Waals surface area contributed by atoms with Gasteiger partial charge in [0, 0.05) is 17.8 Å². The molecule has 0 atom stereocenters. The molecule has 2 N–H and O–H groups in total. The number of amides is 1. The van der Waals surface area contributed by atoms with Crippen LogP contribution in [0.2, 0.25) is 10.0 Å². The number of halogens is 3. The topological polar surface area (TPSA) is 103 Å². The number of rotatable bonds is 9. The van der Waals surface area contributed by atoms with Gasteiger partial charge in [0.05, 0.1) is 34.8 Å². The van der Waals surface area contributed by atoms with Gasteiger partial charge in [0.15, 0.2) is 6.61 Å². The molecule has 0 radical (unpaired) electrons. The Morgan fingerprint density at radius 2 is 1.56 bits per heavy atom. The maximum atomic E-state index is 13.0. The first-order valence-corrected chi connectivity index (χ1v) is 11.8. The maximum Gasteiger partial charge on any atom is 0.262 e. The summed E-state index contributed by atoms with van der Waals surface area (Å²) in [6.45, 7) is -0.423. The highest BCUT2D eigenvalue weighted by Crippen LogP contribution is 2.36. The van der Waals surface area contributed by atoms with Gasteiger partial charge < -0.3 is 19.5 Å². The van der Waals surface area contributed by atoms with Crippen LogP contribution in [0, 0.1) is 5.82 Å². The Bertz CT molecular complexity index is 1300. The maximum absolute atomic E-state index is 13.0. The number of anilines is 2. The molecule has 0 saturated carbocycles. The lowest BCUT2D eigenvalue weighted by molar-refractivity contribution is -0.118. The van der Waals surface area contributed by atoms with Crippen LogP contribution in [0.1, 0.15) is 0 Å². The van der Waals surface area contributed by atoms with E-state index in [-0.39, 0.29) is 21.4 Å². The first-order valence-electron chi connectivity index (χ1n) is 9.55. The largest absolute Gasteiger partial charge is 0.495 e. The number of hydrogen-bond acceptors (Lipinski definition) is 6. The predicted octanol–water partition coefficient (Wildman–Crippen LogP) is 4.97. The van der Waals surface area contributed by atoms with Gasteiger partial charge >= 0.3 is 0 Å². The normalized spacial score (nSPS) is 11.0. The summed E-state index contributed by atoms with van der Waals surface area (Å²) in [4.78, 5) is 12.2. The minimum atomic E-state index is -3.98. The average molecular weight is 529 g/mol. The molecule has 3 aromatic carbocycles. The van der Waals surface area contributed by atoms with E-state index in [2.05, 4.69) is 10.0 Å². The number of sulfonamides is 1. The molecule has 0 bridgehead atoms. The van der Waals surface area contributed by atoms with Gasteiger partial charge in [-0.15, -0.1) is 0 Å². The highest BCUT2D eigenvalue weighted by atomic mass is 35.5. The smallest absolute Gasteiger partial charge is 0.262 e. The van der Waals surface area contributed by atoms with E-state index >= 15 is 0 Å². The van der Waals surface area contributed by atoms with Gasteiger partial charge in [-0.05, 0) is 42.5 Å². The predicted molar refractivity (Wildman–Crippen MR) is 127 cm³/mol. The first kappa shape index (κ1) is 25.4. The Balaban J connectivity index is 1.67. The second-order valence-corrected chi connectivity index (χ2v) is 9.23. The molecule has 0 aliphatic carbocycles. The van der Waals surface area contributed by atoms with Crippen LogP contribution in [0.4, 0.5) is 15.8 Å². The van der Waals surface area contributed by atoms with Crippen molar-refractivity contribution in [1.82, 2.24) is 0 Å². The highest BCUT2D eigenvalue weighted by Gasteiger charge is 2.18. The number of benzene rings is 3. The van der Waals surface area contributed by atoms with Gasteiger partial charge in [-0.2, -0.15) is 0 Å². The number of carbonyl (C=O) groups is 1. The quantitative estimate of drug-likeness (QED) is 0.406. The standard InChI is InChI=1S/C22H19Cl2FN2O6S/c1-31-20-11-18(21(32-2)10-17(20)24)26-22(28)12-33-19-8-7-15(9-16(19)23)34(29,30)27-14-5-3-13(25)4-6-14/h3-11,27H,12H2,1-2H3,(H,26,28).